The number of benzene rings is 1. The molecule has 1 unspecified atom stereocenters. The molecule has 0 saturated heterocycles. The summed E-state index contributed by atoms with van der Waals surface area (Å²) in [6, 6.07) is 6.27. The molecule has 128 valence electrons. The van der Waals surface area contributed by atoms with E-state index in [0.29, 0.717) is 20.8 Å². The Kier molecular flexibility index (Phi) is 6.38. The highest BCUT2D eigenvalue weighted by atomic mass is 32.2. The van der Waals surface area contributed by atoms with Gasteiger partial charge in [-0.25, -0.2) is 0 Å². The van der Waals surface area contributed by atoms with Crippen LogP contribution in [0.5, 0.6) is 5.75 Å². The molecule has 0 aliphatic carbocycles. The molecule has 0 aliphatic rings. The lowest BCUT2D eigenvalue weighted by Gasteiger charge is -2.17. The monoisotopic (exact) mass is 368 g/mol. The summed E-state index contributed by atoms with van der Waals surface area (Å²) in [6.45, 7) is 0. The molecule has 2 aromatic rings. The second-order valence-electron chi connectivity index (χ2n) is 4.69. The summed E-state index contributed by atoms with van der Waals surface area (Å²) in [5.41, 5.74) is 6.17. The molecule has 1 amide bonds. The second-order valence-corrected chi connectivity index (χ2v) is 6.92. The third-order valence-electron chi connectivity index (χ3n) is 2.98. The fraction of sp³-hybridized carbons (Fsp3) is 0.286. The largest absolute Gasteiger partial charge is 0.497 e. The third-order valence-corrected chi connectivity index (χ3v) is 4.87. The molecule has 1 atom stereocenters. The number of anilines is 1. The van der Waals surface area contributed by atoms with Crippen molar-refractivity contribution in [3.8, 4) is 5.75 Å². The highest BCUT2D eigenvalue weighted by molar-refractivity contribution is 8.01. The lowest BCUT2D eigenvalue weighted by Crippen LogP contribution is -2.31. The smallest absolute Gasteiger partial charge is 0.305 e. The number of nitrogen functional groups attached to an aromatic ring is 1. The Morgan fingerprint density at radius 3 is 2.62 bits per heavy atom. The molecule has 0 radical (unpaired) electrons. The van der Waals surface area contributed by atoms with Gasteiger partial charge in [0.25, 0.3) is 0 Å². The van der Waals surface area contributed by atoms with Crippen molar-refractivity contribution in [2.75, 3.05) is 18.6 Å². The van der Waals surface area contributed by atoms with Crippen LogP contribution in [0.4, 0.5) is 5.13 Å². The maximum atomic E-state index is 12.1. The van der Waals surface area contributed by atoms with E-state index in [1.165, 1.54) is 23.1 Å². The van der Waals surface area contributed by atoms with Gasteiger partial charge in [-0.1, -0.05) is 35.2 Å². The van der Waals surface area contributed by atoms with Gasteiger partial charge in [0, 0.05) is 0 Å². The Morgan fingerprint density at radius 1 is 1.38 bits per heavy atom. The Labute approximate surface area is 146 Å². The minimum absolute atomic E-state index is 0.0981. The molecule has 1 aromatic carbocycles. The fourth-order valence-corrected chi connectivity index (χ4v) is 3.35. The van der Waals surface area contributed by atoms with Crippen molar-refractivity contribution in [3.63, 3.8) is 0 Å². The van der Waals surface area contributed by atoms with Gasteiger partial charge >= 0.3 is 5.97 Å². The summed E-state index contributed by atoms with van der Waals surface area (Å²) >= 11 is 2.39. The maximum absolute atomic E-state index is 12.1. The summed E-state index contributed by atoms with van der Waals surface area (Å²) in [4.78, 5) is 23.1. The van der Waals surface area contributed by atoms with Crippen LogP contribution in [0.2, 0.25) is 0 Å². The normalized spacial score (nSPS) is 11.7. The summed E-state index contributed by atoms with van der Waals surface area (Å²) in [6.07, 6.45) is -0.214. The van der Waals surface area contributed by atoms with E-state index in [1.807, 2.05) is 0 Å². The van der Waals surface area contributed by atoms with Crippen LogP contribution in [0.3, 0.4) is 0 Å². The van der Waals surface area contributed by atoms with Crippen LogP contribution in [0.15, 0.2) is 28.6 Å². The number of hydrogen-bond donors (Lipinski definition) is 3. The fourth-order valence-electron chi connectivity index (χ4n) is 1.91. The molecular weight excluding hydrogens is 352 g/mol. The van der Waals surface area contributed by atoms with E-state index < -0.39 is 12.0 Å². The van der Waals surface area contributed by atoms with Gasteiger partial charge in [0.15, 0.2) is 4.34 Å². The lowest BCUT2D eigenvalue weighted by atomic mass is 10.0. The van der Waals surface area contributed by atoms with E-state index in [0.717, 1.165) is 0 Å². The van der Waals surface area contributed by atoms with Gasteiger partial charge in [-0.3, -0.25) is 9.59 Å². The minimum atomic E-state index is -0.999. The number of thioether (sulfide) groups is 1. The number of carbonyl (C=O) groups is 2. The lowest BCUT2D eigenvalue weighted by molar-refractivity contribution is -0.137. The van der Waals surface area contributed by atoms with Crippen LogP contribution < -0.4 is 15.8 Å². The van der Waals surface area contributed by atoms with Gasteiger partial charge in [-0.05, 0) is 17.7 Å². The van der Waals surface area contributed by atoms with Gasteiger partial charge in [-0.2, -0.15) is 0 Å². The number of carboxylic acids is 1. The number of carboxylic acid groups (broad SMARTS) is 1. The first-order valence-corrected chi connectivity index (χ1v) is 8.65. The SMILES string of the molecule is COc1ccc(C(CC(=O)O)NC(=O)CSc2nnc(N)s2)cc1. The van der Waals surface area contributed by atoms with Gasteiger partial charge in [0.2, 0.25) is 11.0 Å². The quantitative estimate of drug-likeness (QED) is 0.599. The predicted molar refractivity (Wildman–Crippen MR) is 91.2 cm³/mol. The summed E-state index contributed by atoms with van der Waals surface area (Å²) < 4.78 is 5.66. The number of hydrogen-bond acceptors (Lipinski definition) is 8. The van der Waals surface area contributed by atoms with E-state index >= 15 is 0 Å². The number of nitrogens with two attached hydrogens (primary N) is 1. The van der Waals surface area contributed by atoms with Crippen molar-refractivity contribution in [3.05, 3.63) is 29.8 Å². The number of nitrogens with one attached hydrogen (secondary N) is 1. The number of amides is 1. The first kappa shape index (κ1) is 18.0. The zero-order valence-electron chi connectivity index (χ0n) is 12.8. The topological polar surface area (TPSA) is 127 Å². The number of methoxy groups -OCH3 is 1. The molecule has 24 heavy (non-hydrogen) atoms. The van der Waals surface area contributed by atoms with Crippen LogP contribution >= 0.6 is 23.1 Å². The minimum Gasteiger partial charge on any atom is -0.497 e. The van der Waals surface area contributed by atoms with Crippen molar-refractivity contribution >= 4 is 40.1 Å². The average molecular weight is 368 g/mol. The van der Waals surface area contributed by atoms with E-state index in [-0.39, 0.29) is 18.1 Å². The molecule has 4 N–H and O–H groups in total. The van der Waals surface area contributed by atoms with E-state index in [2.05, 4.69) is 15.5 Å². The first-order chi connectivity index (χ1) is 11.5. The molecule has 0 aliphatic heterocycles. The van der Waals surface area contributed by atoms with Crippen LogP contribution in [0, 0.1) is 0 Å². The highest BCUT2D eigenvalue weighted by Crippen LogP contribution is 2.24. The number of carbonyl (C=O) groups excluding carboxylic acids is 1. The second kappa shape index (κ2) is 8.50. The summed E-state index contributed by atoms with van der Waals surface area (Å²) in [5, 5.41) is 19.6. The van der Waals surface area contributed by atoms with Crippen LogP contribution in [0.25, 0.3) is 0 Å². The number of aromatic nitrogens is 2. The van der Waals surface area contributed by atoms with Crippen molar-refractivity contribution < 1.29 is 19.4 Å². The Bertz CT molecular complexity index is 705. The number of rotatable bonds is 8. The zero-order chi connectivity index (χ0) is 17.5. The Balaban J connectivity index is 1.98. The molecule has 0 fully saturated rings. The molecule has 0 bridgehead atoms. The van der Waals surface area contributed by atoms with Crippen LogP contribution in [-0.2, 0) is 9.59 Å². The van der Waals surface area contributed by atoms with Crippen molar-refractivity contribution in [2.45, 2.75) is 16.8 Å². The number of nitrogens with zero attached hydrogens (tertiary/aromatic N) is 2. The first-order valence-electron chi connectivity index (χ1n) is 6.85. The van der Waals surface area contributed by atoms with Gasteiger partial charge in [0.05, 0.1) is 25.3 Å². The van der Waals surface area contributed by atoms with Crippen molar-refractivity contribution in [1.82, 2.24) is 15.5 Å². The van der Waals surface area contributed by atoms with E-state index in [4.69, 9.17) is 15.6 Å². The van der Waals surface area contributed by atoms with Crippen molar-refractivity contribution in [1.29, 1.82) is 0 Å². The molecule has 1 aromatic heterocycles. The molecule has 10 heteroatoms. The Hall–Kier alpha value is -2.33. The number of ether oxygens (including phenoxy) is 1. The van der Waals surface area contributed by atoms with E-state index in [1.54, 1.807) is 31.4 Å². The Morgan fingerprint density at radius 2 is 2.08 bits per heavy atom. The summed E-state index contributed by atoms with van der Waals surface area (Å²) in [5.74, 6) is -0.541. The molecule has 0 spiro atoms. The molecule has 1 heterocycles. The average Bonchev–Trinajstić information content (AvgIpc) is 2.97. The van der Waals surface area contributed by atoms with E-state index in [9.17, 15) is 9.59 Å². The standard InChI is InChI=1S/C14H16N4O4S2/c1-22-9-4-2-8(3-5-9)10(6-12(20)21)16-11(19)7-23-14-18-17-13(15)24-14/h2-5,10H,6-7H2,1H3,(H2,15,17)(H,16,19)(H,20,21). The van der Waals surface area contributed by atoms with Crippen LogP contribution in [-0.4, -0.2) is 40.0 Å². The number of aliphatic carboxylic acids is 1. The van der Waals surface area contributed by atoms with Gasteiger partial charge in [-0.15, -0.1) is 10.2 Å². The molecule has 0 saturated carbocycles. The molecule has 2 rings (SSSR count). The van der Waals surface area contributed by atoms with Gasteiger partial charge in [0.1, 0.15) is 5.75 Å². The highest BCUT2D eigenvalue weighted by Gasteiger charge is 2.18. The van der Waals surface area contributed by atoms with Gasteiger partial charge < -0.3 is 20.9 Å². The maximum Gasteiger partial charge on any atom is 0.305 e. The van der Waals surface area contributed by atoms with Crippen LogP contribution in [0.1, 0.15) is 18.0 Å². The third kappa shape index (κ3) is 5.39. The predicted octanol–water partition coefficient (Wildman–Crippen LogP) is 1.55. The summed E-state index contributed by atoms with van der Waals surface area (Å²) in [7, 11) is 1.54. The van der Waals surface area contributed by atoms with Crippen molar-refractivity contribution in [2.24, 2.45) is 0 Å². The zero-order valence-corrected chi connectivity index (χ0v) is 14.4. The molecule has 8 nitrogen and oxygen atoms in total. The molecular formula is C14H16N4O4S2.